The van der Waals surface area contributed by atoms with E-state index in [0.717, 1.165) is 23.7 Å². The number of aromatic nitrogens is 1. The molecular weight excluding hydrogens is 234 g/mol. The van der Waals surface area contributed by atoms with Crippen molar-refractivity contribution in [3.05, 3.63) is 30.6 Å². The highest BCUT2D eigenvalue weighted by molar-refractivity contribution is 6.01. The second-order valence-corrected chi connectivity index (χ2v) is 5.37. The van der Waals surface area contributed by atoms with Crippen molar-refractivity contribution >= 4 is 22.1 Å². The summed E-state index contributed by atoms with van der Waals surface area (Å²) < 4.78 is 0. The molecule has 1 aromatic carbocycles. The lowest BCUT2D eigenvalue weighted by atomic mass is 10.1. The number of hydrogen-bond donors (Lipinski definition) is 1. The summed E-state index contributed by atoms with van der Waals surface area (Å²) in [5.74, 6) is 0. The van der Waals surface area contributed by atoms with Gasteiger partial charge in [0.2, 0.25) is 0 Å². The molecule has 0 amide bonds. The van der Waals surface area contributed by atoms with E-state index in [1.54, 1.807) is 0 Å². The van der Waals surface area contributed by atoms with Gasteiger partial charge >= 0.3 is 0 Å². The SMILES string of the molecule is CCCCN(c1ccc(N)c2ccncc12)C1CC1. The van der Waals surface area contributed by atoms with Crippen LogP contribution in [0.4, 0.5) is 11.4 Å². The summed E-state index contributed by atoms with van der Waals surface area (Å²) in [5, 5.41) is 2.31. The third kappa shape index (κ3) is 2.37. The van der Waals surface area contributed by atoms with E-state index in [9.17, 15) is 0 Å². The van der Waals surface area contributed by atoms with Gasteiger partial charge < -0.3 is 10.6 Å². The molecule has 0 spiro atoms. The van der Waals surface area contributed by atoms with Crippen LogP contribution in [0.2, 0.25) is 0 Å². The monoisotopic (exact) mass is 255 g/mol. The topological polar surface area (TPSA) is 42.1 Å². The smallest absolute Gasteiger partial charge is 0.0465 e. The summed E-state index contributed by atoms with van der Waals surface area (Å²) in [5.41, 5.74) is 8.21. The van der Waals surface area contributed by atoms with Crippen molar-refractivity contribution in [2.75, 3.05) is 17.2 Å². The van der Waals surface area contributed by atoms with Crippen LogP contribution in [0, 0.1) is 0 Å². The van der Waals surface area contributed by atoms with Crippen molar-refractivity contribution in [1.29, 1.82) is 0 Å². The lowest BCUT2D eigenvalue weighted by Crippen LogP contribution is -2.27. The minimum absolute atomic E-state index is 0.721. The first kappa shape index (κ1) is 12.3. The van der Waals surface area contributed by atoms with Gasteiger partial charge in [0.1, 0.15) is 0 Å². The van der Waals surface area contributed by atoms with Crippen molar-refractivity contribution in [2.45, 2.75) is 38.6 Å². The molecular formula is C16H21N3. The van der Waals surface area contributed by atoms with Gasteiger partial charge in [-0.1, -0.05) is 13.3 Å². The molecule has 0 radical (unpaired) electrons. The maximum Gasteiger partial charge on any atom is 0.0465 e. The molecule has 0 aliphatic heterocycles. The number of fused-ring (bicyclic) bond motifs is 1. The first-order valence-corrected chi connectivity index (χ1v) is 7.20. The lowest BCUT2D eigenvalue weighted by molar-refractivity contribution is 0.715. The van der Waals surface area contributed by atoms with E-state index in [4.69, 9.17) is 5.73 Å². The number of benzene rings is 1. The zero-order chi connectivity index (χ0) is 13.2. The highest BCUT2D eigenvalue weighted by Crippen LogP contribution is 2.37. The van der Waals surface area contributed by atoms with Gasteiger partial charge in [-0.05, 0) is 37.5 Å². The zero-order valence-corrected chi connectivity index (χ0v) is 11.5. The molecule has 100 valence electrons. The predicted molar refractivity (Wildman–Crippen MR) is 81.4 cm³/mol. The van der Waals surface area contributed by atoms with Crippen LogP contribution in [0.1, 0.15) is 32.6 Å². The van der Waals surface area contributed by atoms with Gasteiger partial charge in [0.05, 0.1) is 0 Å². The minimum atomic E-state index is 0.721. The molecule has 1 heterocycles. The molecule has 2 aromatic rings. The maximum absolute atomic E-state index is 6.07. The number of unbranched alkanes of at least 4 members (excludes halogenated alkanes) is 1. The van der Waals surface area contributed by atoms with Crippen molar-refractivity contribution in [1.82, 2.24) is 4.98 Å². The molecule has 0 atom stereocenters. The average Bonchev–Trinajstić information content (AvgIpc) is 3.26. The van der Waals surface area contributed by atoms with Crippen LogP contribution >= 0.6 is 0 Å². The minimum Gasteiger partial charge on any atom is -0.398 e. The van der Waals surface area contributed by atoms with Gasteiger partial charge in [-0.3, -0.25) is 4.98 Å². The van der Waals surface area contributed by atoms with Crippen LogP contribution in [0.3, 0.4) is 0 Å². The Kier molecular flexibility index (Phi) is 3.28. The molecule has 3 heteroatoms. The predicted octanol–water partition coefficient (Wildman–Crippen LogP) is 3.59. The third-order valence-corrected chi connectivity index (χ3v) is 3.88. The van der Waals surface area contributed by atoms with Crippen LogP contribution in [-0.2, 0) is 0 Å². The molecule has 1 aliphatic rings. The average molecular weight is 255 g/mol. The van der Waals surface area contributed by atoms with Crippen LogP contribution < -0.4 is 10.6 Å². The number of nitrogen functional groups attached to an aromatic ring is 1. The molecule has 1 aromatic heterocycles. The molecule has 0 saturated heterocycles. The first-order valence-electron chi connectivity index (χ1n) is 7.20. The fraction of sp³-hybridized carbons (Fsp3) is 0.438. The van der Waals surface area contributed by atoms with Crippen molar-refractivity contribution in [3.63, 3.8) is 0 Å². The Bertz CT molecular complexity index is 575. The quantitative estimate of drug-likeness (QED) is 0.830. The normalized spacial score (nSPS) is 14.8. The molecule has 2 N–H and O–H groups in total. The Hall–Kier alpha value is -1.77. The fourth-order valence-corrected chi connectivity index (χ4v) is 2.66. The molecule has 0 bridgehead atoms. The molecule has 1 aliphatic carbocycles. The Morgan fingerprint density at radius 3 is 2.84 bits per heavy atom. The third-order valence-electron chi connectivity index (χ3n) is 3.88. The van der Waals surface area contributed by atoms with Gasteiger partial charge in [-0.2, -0.15) is 0 Å². The van der Waals surface area contributed by atoms with Crippen LogP contribution in [0.5, 0.6) is 0 Å². The molecule has 3 rings (SSSR count). The highest BCUT2D eigenvalue weighted by Gasteiger charge is 2.29. The van der Waals surface area contributed by atoms with E-state index in [2.05, 4.69) is 22.9 Å². The summed E-state index contributed by atoms with van der Waals surface area (Å²) in [6, 6.07) is 6.92. The Balaban J connectivity index is 2.05. The number of anilines is 2. The van der Waals surface area contributed by atoms with Gasteiger partial charge in [0.15, 0.2) is 0 Å². The van der Waals surface area contributed by atoms with E-state index in [-0.39, 0.29) is 0 Å². The summed E-state index contributed by atoms with van der Waals surface area (Å²) in [7, 11) is 0. The highest BCUT2D eigenvalue weighted by atomic mass is 15.2. The molecule has 19 heavy (non-hydrogen) atoms. The van der Waals surface area contributed by atoms with E-state index in [1.165, 1.54) is 36.8 Å². The number of hydrogen-bond acceptors (Lipinski definition) is 3. The van der Waals surface area contributed by atoms with Crippen LogP contribution in [0.25, 0.3) is 10.8 Å². The standard InChI is InChI=1S/C16H21N3/c1-2-3-10-19(12-4-5-12)16-7-6-15(17)13-8-9-18-11-14(13)16/h6-9,11-12H,2-5,10,17H2,1H3. The van der Waals surface area contributed by atoms with E-state index in [1.807, 2.05) is 24.5 Å². The Morgan fingerprint density at radius 1 is 1.26 bits per heavy atom. The van der Waals surface area contributed by atoms with E-state index < -0.39 is 0 Å². The number of nitrogens with two attached hydrogens (primary N) is 1. The maximum atomic E-state index is 6.07. The van der Waals surface area contributed by atoms with Gasteiger partial charge in [0.25, 0.3) is 0 Å². The first-order chi connectivity index (χ1) is 9.31. The molecule has 1 fully saturated rings. The number of pyridine rings is 1. The molecule has 3 nitrogen and oxygen atoms in total. The Labute approximate surface area is 114 Å². The fourth-order valence-electron chi connectivity index (χ4n) is 2.66. The van der Waals surface area contributed by atoms with Gasteiger partial charge in [-0.25, -0.2) is 0 Å². The van der Waals surface area contributed by atoms with Crippen LogP contribution in [0.15, 0.2) is 30.6 Å². The summed E-state index contributed by atoms with van der Waals surface area (Å²) in [4.78, 5) is 6.82. The van der Waals surface area contributed by atoms with Crippen LogP contribution in [-0.4, -0.2) is 17.6 Å². The van der Waals surface area contributed by atoms with E-state index in [0.29, 0.717) is 0 Å². The van der Waals surface area contributed by atoms with Gasteiger partial charge in [0, 0.05) is 47.1 Å². The van der Waals surface area contributed by atoms with E-state index >= 15 is 0 Å². The van der Waals surface area contributed by atoms with Crippen molar-refractivity contribution in [2.24, 2.45) is 0 Å². The summed E-state index contributed by atoms with van der Waals surface area (Å²) in [6.07, 6.45) is 8.86. The summed E-state index contributed by atoms with van der Waals surface area (Å²) >= 11 is 0. The molecule has 1 saturated carbocycles. The number of rotatable bonds is 5. The molecule has 0 unspecified atom stereocenters. The van der Waals surface area contributed by atoms with Crippen molar-refractivity contribution < 1.29 is 0 Å². The zero-order valence-electron chi connectivity index (χ0n) is 11.5. The second-order valence-electron chi connectivity index (χ2n) is 5.37. The second kappa shape index (κ2) is 5.08. The van der Waals surface area contributed by atoms with Crippen molar-refractivity contribution in [3.8, 4) is 0 Å². The summed E-state index contributed by atoms with van der Waals surface area (Å²) in [6.45, 7) is 3.38. The largest absolute Gasteiger partial charge is 0.398 e. The number of nitrogens with zero attached hydrogens (tertiary/aromatic N) is 2. The Morgan fingerprint density at radius 2 is 2.11 bits per heavy atom. The lowest BCUT2D eigenvalue weighted by Gasteiger charge is -2.26. The van der Waals surface area contributed by atoms with Gasteiger partial charge in [-0.15, -0.1) is 0 Å².